The lowest BCUT2D eigenvalue weighted by Crippen LogP contribution is -2.25. The molecule has 24 heavy (non-hydrogen) atoms. The van der Waals surface area contributed by atoms with Crippen LogP contribution >= 0.6 is 0 Å². The number of aliphatic hydroxyl groups excluding tert-OH is 1. The maximum atomic E-state index is 12.1. The van der Waals surface area contributed by atoms with Gasteiger partial charge in [0.25, 0.3) is 5.91 Å². The van der Waals surface area contributed by atoms with Gasteiger partial charge in [0.1, 0.15) is 11.9 Å². The van der Waals surface area contributed by atoms with E-state index in [1.54, 1.807) is 24.3 Å². The van der Waals surface area contributed by atoms with E-state index in [0.717, 1.165) is 11.1 Å². The van der Waals surface area contributed by atoms with Gasteiger partial charge < -0.3 is 14.8 Å². The van der Waals surface area contributed by atoms with Crippen LogP contribution in [0.4, 0.5) is 0 Å². The Balaban J connectivity index is 1.54. The molecule has 0 aliphatic carbocycles. The highest BCUT2D eigenvalue weighted by molar-refractivity contribution is 5.94. The molecule has 1 atom stereocenters. The summed E-state index contributed by atoms with van der Waals surface area (Å²) in [6, 6.07) is 20.9. The van der Waals surface area contributed by atoms with E-state index in [-0.39, 0.29) is 5.91 Å². The van der Waals surface area contributed by atoms with Gasteiger partial charge in [-0.2, -0.15) is 0 Å². The van der Waals surface area contributed by atoms with Gasteiger partial charge in [-0.3, -0.25) is 4.79 Å². The lowest BCUT2D eigenvalue weighted by atomic mass is 10.0. The van der Waals surface area contributed by atoms with Crippen LogP contribution in [0, 0.1) is 0 Å². The van der Waals surface area contributed by atoms with E-state index in [1.165, 1.54) is 6.26 Å². The van der Waals surface area contributed by atoms with Crippen LogP contribution in [0.2, 0.25) is 0 Å². The molecule has 0 aliphatic heterocycles. The topological polar surface area (TPSA) is 62.5 Å². The SMILES string of the molecule is O=C(NCC[C@H](O)c1ccco1)c1ccc(-c2ccccc2)cc1. The number of benzene rings is 2. The van der Waals surface area contributed by atoms with E-state index in [1.807, 2.05) is 42.5 Å². The fourth-order valence-corrected chi connectivity index (χ4v) is 2.49. The van der Waals surface area contributed by atoms with E-state index in [4.69, 9.17) is 4.42 Å². The lowest BCUT2D eigenvalue weighted by molar-refractivity contribution is 0.0936. The number of hydrogen-bond donors (Lipinski definition) is 2. The van der Waals surface area contributed by atoms with Crippen molar-refractivity contribution in [3.8, 4) is 11.1 Å². The van der Waals surface area contributed by atoms with Gasteiger partial charge in [-0.15, -0.1) is 0 Å². The van der Waals surface area contributed by atoms with Crippen LogP contribution < -0.4 is 5.32 Å². The van der Waals surface area contributed by atoms with Crippen LogP contribution in [0.15, 0.2) is 77.4 Å². The first-order valence-corrected chi connectivity index (χ1v) is 7.89. The number of aliphatic hydroxyl groups is 1. The number of hydrogen-bond acceptors (Lipinski definition) is 3. The molecule has 0 saturated carbocycles. The summed E-state index contributed by atoms with van der Waals surface area (Å²) in [5.41, 5.74) is 2.79. The maximum Gasteiger partial charge on any atom is 0.251 e. The van der Waals surface area contributed by atoms with Crippen LogP contribution in [0.1, 0.15) is 28.6 Å². The van der Waals surface area contributed by atoms with Gasteiger partial charge in [-0.1, -0.05) is 42.5 Å². The molecule has 4 nitrogen and oxygen atoms in total. The predicted molar refractivity (Wildman–Crippen MR) is 92.5 cm³/mol. The molecule has 0 saturated heterocycles. The summed E-state index contributed by atoms with van der Waals surface area (Å²) in [7, 11) is 0. The minimum Gasteiger partial charge on any atom is -0.467 e. The number of carbonyl (C=O) groups excluding carboxylic acids is 1. The van der Waals surface area contributed by atoms with E-state index in [2.05, 4.69) is 5.32 Å². The fourth-order valence-electron chi connectivity index (χ4n) is 2.49. The van der Waals surface area contributed by atoms with Gasteiger partial charge in [0.15, 0.2) is 0 Å². The molecular weight excluding hydrogens is 302 g/mol. The molecule has 0 spiro atoms. The van der Waals surface area contributed by atoms with E-state index >= 15 is 0 Å². The van der Waals surface area contributed by atoms with E-state index in [9.17, 15) is 9.90 Å². The zero-order valence-electron chi connectivity index (χ0n) is 13.2. The zero-order chi connectivity index (χ0) is 16.8. The van der Waals surface area contributed by atoms with E-state index < -0.39 is 6.10 Å². The van der Waals surface area contributed by atoms with Crippen molar-refractivity contribution in [2.75, 3.05) is 6.54 Å². The van der Waals surface area contributed by atoms with Crippen molar-refractivity contribution in [3.05, 3.63) is 84.3 Å². The smallest absolute Gasteiger partial charge is 0.251 e. The molecule has 0 unspecified atom stereocenters. The zero-order valence-corrected chi connectivity index (χ0v) is 13.2. The summed E-state index contributed by atoms with van der Waals surface area (Å²) in [4.78, 5) is 12.1. The molecule has 0 aliphatic rings. The van der Waals surface area contributed by atoms with Crippen LogP contribution in [-0.2, 0) is 0 Å². The summed E-state index contributed by atoms with van der Waals surface area (Å²) >= 11 is 0. The highest BCUT2D eigenvalue weighted by Crippen LogP contribution is 2.19. The van der Waals surface area contributed by atoms with Gasteiger partial charge in [-0.05, 0) is 41.8 Å². The Morgan fingerprint density at radius 1 is 0.958 bits per heavy atom. The predicted octanol–water partition coefficient (Wildman–Crippen LogP) is 3.80. The Morgan fingerprint density at radius 3 is 2.33 bits per heavy atom. The average Bonchev–Trinajstić information content (AvgIpc) is 3.17. The molecular formula is C20H19NO3. The van der Waals surface area contributed by atoms with Crippen molar-refractivity contribution in [3.63, 3.8) is 0 Å². The quantitative estimate of drug-likeness (QED) is 0.726. The molecule has 3 rings (SSSR count). The maximum absolute atomic E-state index is 12.1. The van der Waals surface area contributed by atoms with Crippen molar-refractivity contribution in [1.82, 2.24) is 5.32 Å². The molecule has 1 heterocycles. The monoisotopic (exact) mass is 321 g/mol. The average molecular weight is 321 g/mol. The minimum atomic E-state index is -0.708. The van der Waals surface area contributed by atoms with Gasteiger partial charge in [0, 0.05) is 12.1 Å². The fraction of sp³-hybridized carbons (Fsp3) is 0.150. The number of rotatable bonds is 6. The van der Waals surface area contributed by atoms with Crippen LogP contribution in [0.25, 0.3) is 11.1 Å². The highest BCUT2D eigenvalue weighted by Gasteiger charge is 2.11. The Hall–Kier alpha value is -2.85. The largest absolute Gasteiger partial charge is 0.467 e. The van der Waals surface area contributed by atoms with Crippen molar-refractivity contribution < 1.29 is 14.3 Å². The number of carbonyl (C=O) groups is 1. The third kappa shape index (κ3) is 3.91. The molecule has 0 radical (unpaired) electrons. The van der Waals surface area contributed by atoms with Crippen LogP contribution in [0.3, 0.4) is 0 Å². The normalized spacial score (nSPS) is 11.9. The van der Waals surface area contributed by atoms with Crippen molar-refractivity contribution >= 4 is 5.91 Å². The van der Waals surface area contributed by atoms with Crippen LogP contribution in [-0.4, -0.2) is 17.6 Å². The molecule has 3 aromatic rings. The van der Waals surface area contributed by atoms with Crippen molar-refractivity contribution in [2.45, 2.75) is 12.5 Å². The Bertz CT molecular complexity index is 764. The van der Waals surface area contributed by atoms with Crippen molar-refractivity contribution in [2.24, 2.45) is 0 Å². The molecule has 0 bridgehead atoms. The van der Waals surface area contributed by atoms with Gasteiger partial charge >= 0.3 is 0 Å². The second-order valence-electron chi connectivity index (χ2n) is 5.52. The molecule has 122 valence electrons. The van der Waals surface area contributed by atoms with Crippen LogP contribution in [0.5, 0.6) is 0 Å². The first kappa shape index (κ1) is 16.0. The van der Waals surface area contributed by atoms with Gasteiger partial charge in [0.2, 0.25) is 0 Å². The summed E-state index contributed by atoms with van der Waals surface area (Å²) in [6.07, 6.45) is 1.22. The second kappa shape index (κ2) is 7.62. The number of amides is 1. The number of furan rings is 1. The Kier molecular flexibility index (Phi) is 5.08. The molecule has 1 aromatic heterocycles. The third-order valence-electron chi connectivity index (χ3n) is 3.83. The standard InChI is InChI=1S/C20H19NO3/c22-18(19-7-4-14-24-19)12-13-21-20(23)17-10-8-16(9-11-17)15-5-2-1-3-6-15/h1-11,14,18,22H,12-13H2,(H,21,23)/t18-/m0/s1. The Labute approximate surface area is 140 Å². The van der Waals surface area contributed by atoms with Gasteiger partial charge in [0.05, 0.1) is 6.26 Å². The molecule has 2 N–H and O–H groups in total. The van der Waals surface area contributed by atoms with Gasteiger partial charge in [-0.25, -0.2) is 0 Å². The second-order valence-corrected chi connectivity index (χ2v) is 5.52. The minimum absolute atomic E-state index is 0.152. The Morgan fingerprint density at radius 2 is 1.67 bits per heavy atom. The summed E-state index contributed by atoms with van der Waals surface area (Å²) in [6.45, 7) is 0.376. The number of nitrogens with one attached hydrogen (secondary N) is 1. The molecule has 0 fully saturated rings. The summed E-state index contributed by atoms with van der Waals surface area (Å²) < 4.78 is 5.13. The lowest BCUT2D eigenvalue weighted by Gasteiger charge is -2.09. The first-order chi connectivity index (χ1) is 11.7. The van der Waals surface area contributed by atoms with E-state index in [0.29, 0.717) is 24.3 Å². The molecule has 1 amide bonds. The highest BCUT2D eigenvalue weighted by atomic mass is 16.4. The molecule has 4 heteroatoms. The molecule has 2 aromatic carbocycles. The summed E-state index contributed by atoms with van der Waals surface area (Å²) in [5.74, 6) is 0.359. The van der Waals surface area contributed by atoms with Crippen molar-refractivity contribution in [1.29, 1.82) is 0 Å². The summed E-state index contributed by atoms with van der Waals surface area (Å²) in [5, 5.41) is 12.7. The third-order valence-corrected chi connectivity index (χ3v) is 3.83. The first-order valence-electron chi connectivity index (χ1n) is 7.89.